The van der Waals surface area contributed by atoms with Crippen molar-refractivity contribution in [1.82, 2.24) is 4.98 Å². The van der Waals surface area contributed by atoms with E-state index >= 15 is 0 Å². The summed E-state index contributed by atoms with van der Waals surface area (Å²) in [7, 11) is 1.54. The lowest BCUT2D eigenvalue weighted by atomic mass is 10.2. The number of thiazole rings is 1. The van der Waals surface area contributed by atoms with Gasteiger partial charge in [-0.2, -0.15) is 0 Å². The van der Waals surface area contributed by atoms with Crippen molar-refractivity contribution in [3.63, 3.8) is 0 Å². The average Bonchev–Trinajstić information content (AvgIpc) is 2.85. The second kappa shape index (κ2) is 4.00. The molecule has 1 N–H and O–H groups in total. The molecule has 2 rings (SSSR count). The third-order valence-corrected chi connectivity index (χ3v) is 3.52. The van der Waals surface area contributed by atoms with Crippen molar-refractivity contribution in [2.75, 3.05) is 7.11 Å². The van der Waals surface area contributed by atoms with Crippen LogP contribution in [0.1, 0.15) is 10.4 Å². The zero-order valence-electron chi connectivity index (χ0n) is 7.76. The fraction of sp³-hybridized carbons (Fsp3) is 0.111. The van der Waals surface area contributed by atoms with E-state index < -0.39 is 5.97 Å². The molecule has 4 nitrogen and oxygen atoms in total. The Hall–Kier alpha value is -1.40. The van der Waals surface area contributed by atoms with Gasteiger partial charge < -0.3 is 9.84 Å². The number of rotatable bonds is 3. The first kappa shape index (κ1) is 10.1. The SMILES string of the molecule is COc1nc(-c2sccc2C(=O)O)cs1. The van der Waals surface area contributed by atoms with Gasteiger partial charge in [-0.05, 0) is 11.4 Å². The van der Waals surface area contributed by atoms with E-state index in [0.29, 0.717) is 15.8 Å². The van der Waals surface area contributed by atoms with Crippen LogP contribution in [0.4, 0.5) is 0 Å². The first-order chi connectivity index (χ1) is 7.22. The molecule has 0 aliphatic heterocycles. The summed E-state index contributed by atoms with van der Waals surface area (Å²) in [6.45, 7) is 0. The van der Waals surface area contributed by atoms with Crippen LogP contribution in [-0.4, -0.2) is 23.2 Å². The molecule has 0 spiro atoms. The van der Waals surface area contributed by atoms with Crippen LogP contribution in [0.3, 0.4) is 0 Å². The fourth-order valence-corrected chi connectivity index (χ4v) is 2.68. The van der Waals surface area contributed by atoms with Crippen molar-refractivity contribution >= 4 is 28.6 Å². The highest BCUT2D eigenvalue weighted by atomic mass is 32.1. The van der Waals surface area contributed by atoms with Gasteiger partial charge in [0.15, 0.2) is 0 Å². The number of hydrogen-bond donors (Lipinski definition) is 1. The number of nitrogens with zero attached hydrogens (tertiary/aromatic N) is 1. The molecule has 78 valence electrons. The molecule has 15 heavy (non-hydrogen) atoms. The number of carbonyl (C=O) groups is 1. The topological polar surface area (TPSA) is 59.4 Å². The first-order valence-corrected chi connectivity index (χ1v) is 5.79. The quantitative estimate of drug-likeness (QED) is 0.897. The maximum Gasteiger partial charge on any atom is 0.337 e. The molecule has 2 aromatic heterocycles. The Morgan fingerprint density at radius 2 is 2.33 bits per heavy atom. The Bertz CT molecular complexity index is 489. The van der Waals surface area contributed by atoms with Crippen molar-refractivity contribution in [2.45, 2.75) is 0 Å². The minimum absolute atomic E-state index is 0.285. The maximum absolute atomic E-state index is 10.9. The summed E-state index contributed by atoms with van der Waals surface area (Å²) in [5.41, 5.74) is 0.942. The zero-order valence-corrected chi connectivity index (χ0v) is 9.39. The second-order valence-corrected chi connectivity index (χ2v) is 4.41. The largest absolute Gasteiger partial charge is 0.478 e. The third-order valence-electron chi connectivity index (χ3n) is 1.79. The lowest BCUT2D eigenvalue weighted by molar-refractivity contribution is 0.0698. The zero-order chi connectivity index (χ0) is 10.8. The number of carboxylic acids is 1. The van der Waals surface area contributed by atoms with Gasteiger partial charge in [-0.25, -0.2) is 9.78 Å². The van der Waals surface area contributed by atoms with E-state index in [-0.39, 0.29) is 5.56 Å². The van der Waals surface area contributed by atoms with E-state index in [1.807, 2.05) is 0 Å². The highest BCUT2D eigenvalue weighted by molar-refractivity contribution is 7.15. The summed E-state index contributed by atoms with van der Waals surface area (Å²) in [5.74, 6) is -0.932. The van der Waals surface area contributed by atoms with E-state index in [2.05, 4.69) is 4.98 Å². The van der Waals surface area contributed by atoms with Crippen molar-refractivity contribution < 1.29 is 14.6 Å². The number of hydrogen-bond acceptors (Lipinski definition) is 5. The number of carboxylic acid groups (broad SMARTS) is 1. The van der Waals surface area contributed by atoms with Gasteiger partial charge in [0.1, 0.15) is 0 Å². The summed E-state index contributed by atoms with van der Waals surface area (Å²) in [6.07, 6.45) is 0. The van der Waals surface area contributed by atoms with Crippen LogP contribution in [0.5, 0.6) is 5.19 Å². The molecule has 0 atom stereocenters. The summed E-state index contributed by atoms with van der Waals surface area (Å²) in [5, 5.41) is 13.0. The van der Waals surface area contributed by atoms with Gasteiger partial charge in [0, 0.05) is 5.38 Å². The molecule has 2 aromatic rings. The van der Waals surface area contributed by atoms with Crippen molar-refractivity contribution in [2.24, 2.45) is 0 Å². The van der Waals surface area contributed by atoms with E-state index in [0.717, 1.165) is 0 Å². The van der Waals surface area contributed by atoms with Crippen LogP contribution >= 0.6 is 22.7 Å². The normalized spacial score (nSPS) is 10.2. The van der Waals surface area contributed by atoms with Crippen molar-refractivity contribution in [3.8, 4) is 15.8 Å². The molecule has 6 heteroatoms. The van der Waals surface area contributed by atoms with Crippen LogP contribution in [0, 0.1) is 0 Å². The van der Waals surface area contributed by atoms with Crippen LogP contribution in [0.25, 0.3) is 10.6 Å². The molecule has 0 radical (unpaired) electrons. The lowest BCUT2D eigenvalue weighted by Crippen LogP contribution is -1.95. The molecule has 0 unspecified atom stereocenters. The van der Waals surface area contributed by atoms with Crippen LogP contribution < -0.4 is 4.74 Å². The van der Waals surface area contributed by atoms with Gasteiger partial charge in [0.2, 0.25) is 0 Å². The van der Waals surface area contributed by atoms with Gasteiger partial charge in [-0.3, -0.25) is 0 Å². The minimum Gasteiger partial charge on any atom is -0.478 e. The van der Waals surface area contributed by atoms with E-state index in [9.17, 15) is 4.79 Å². The van der Waals surface area contributed by atoms with Gasteiger partial charge in [-0.1, -0.05) is 11.3 Å². The van der Waals surface area contributed by atoms with Crippen LogP contribution in [0.15, 0.2) is 16.8 Å². The summed E-state index contributed by atoms with van der Waals surface area (Å²) >= 11 is 2.71. The number of ether oxygens (including phenoxy) is 1. The smallest absolute Gasteiger partial charge is 0.337 e. The summed E-state index contributed by atoms with van der Waals surface area (Å²) in [6, 6.07) is 1.58. The lowest BCUT2D eigenvalue weighted by Gasteiger charge is -1.94. The molecule has 0 fully saturated rings. The Kier molecular flexibility index (Phi) is 2.70. The van der Waals surface area contributed by atoms with Gasteiger partial charge in [0.05, 0.1) is 23.2 Å². The predicted octanol–water partition coefficient (Wildman–Crippen LogP) is 2.58. The van der Waals surface area contributed by atoms with E-state index in [4.69, 9.17) is 9.84 Å². The molecule has 0 saturated carbocycles. The number of methoxy groups -OCH3 is 1. The summed E-state index contributed by atoms with van der Waals surface area (Å²) < 4.78 is 4.96. The van der Waals surface area contributed by atoms with E-state index in [1.165, 1.54) is 29.8 Å². The molecular weight excluding hydrogens is 234 g/mol. The molecule has 0 aliphatic carbocycles. The molecular formula is C9H7NO3S2. The molecule has 0 amide bonds. The number of thiophene rings is 1. The number of aromatic nitrogens is 1. The van der Waals surface area contributed by atoms with E-state index in [1.54, 1.807) is 16.8 Å². The molecule has 0 aromatic carbocycles. The Morgan fingerprint density at radius 3 is 2.93 bits per heavy atom. The van der Waals surface area contributed by atoms with Gasteiger partial charge in [-0.15, -0.1) is 11.3 Å². The predicted molar refractivity (Wildman–Crippen MR) is 58.9 cm³/mol. The van der Waals surface area contributed by atoms with Gasteiger partial charge in [0.25, 0.3) is 5.19 Å². The molecule has 0 saturated heterocycles. The Balaban J connectivity index is 2.44. The Morgan fingerprint density at radius 1 is 1.53 bits per heavy atom. The highest BCUT2D eigenvalue weighted by Crippen LogP contribution is 2.32. The fourth-order valence-electron chi connectivity index (χ4n) is 1.13. The number of aromatic carboxylic acids is 1. The summed E-state index contributed by atoms with van der Waals surface area (Å²) in [4.78, 5) is 15.7. The second-order valence-electron chi connectivity index (χ2n) is 2.67. The monoisotopic (exact) mass is 241 g/mol. The van der Waals surface area contributed by atoms with Crippen LogP contribution in [-0.2, 0) is 0 Å². The van der Waals surface area contributed by atoms with Gasteiger partial charge >= 0.3 is 5.97 Å². The standard InChI is InChI=1S/C9H7NO3S2/c1-13-9-10-6(4-15-9)7-5(8(11)12)2-3-14-7/h2-4H,1H3,(H,11,12). The van der Waals surface area contributed by atoms with Crippen LogP contribution in [0.2, 0.25) is 0 Å². The Labute approximate surface area is 93.8 Å². The average molecular weight is 241 g/mol. The molecule has 0 bridgehead atoms. The molecule has 2 heterocycles. The maximum atomic E-state index is 10.9. The minimum atomic E-state index is -0.932. The third kappa shape index (κ3) is 1.86. The van der Waals surface area contributed by atoms with Crippen molar-refractivity contribution in [1.29, 1.82) is 0 Å². The molecule has 0 aliphatic rings. The first-order valence-electron chi connectivity index (χ1n) is 4.03. The highest BCUT2D eigenvalue weighted by Gasteiger charge is 2.15. The van der Waals surface area contributed by atoms with Crippen molar-refractivity contribution in [3.05, 3.63) is 22.4 Å².